The third-order valence-electron chi connectivity index (χ3n) is 4.19. The summed E-state index contributed by atoms with van der Waals surface area (Å²) in [4.78, 5) is 15.8. The number of carbonyl (C=O) groups excluding carboxylic acids is 1. The third kappa shape index (κ3) is 9.66. The Bertz CT molecular complexity index is 381. The summed E-state index contributed by atoms with van der Waals surface area (Å²) in [7, 11) is 0. The first-order valence-corrected chi connectivity index (χ1v) is 8.89. The van der Waals surface area contributed by atoms with Crippen molar-refractivity contribution in [2.45, 2.75) is 65.4 Å². The Morgan fingerprint density at radius 1 is 1.21 bits per heavy atom. The summed E-state index contributed by atoms with van der Waals surface area (Å²) < 4.78 is 5.96. The van der Waals surface area contributed by atoms with E-state index in [1.54, 1.807) is 13.8 Å². The molecule has 0 atom stereocenters. The average Bonchev–Trinajstić information content (AvgIpc) is 2.77. The lowest BCUT2D eigenvalue weighted by molar-refractivity contribution is -0.125. The van der Waals surface area contributed by atoms with Gasteiger partial charge >= 0.3 is 0 Å². The van der Waals surface area contributed by atoms with E-state index < -0.39 is 5.41 Å². The molecule has 6 nitrogen and oxygen atoms in total. The number of hydrogen-bond acceptors (Lipinski definition) is 3. The van der Waals surface area contributed by atoms with Crippen molar-refractivity contribution in [3.8, 4) is 0 Å². The molecular weight excluding hydrogens is 419 g/mol. The van der Waals surface area contributed by atoms with Gasteiger partial charge in [0.05, 0.1) is 24.7 Å². The number of rotatable bonds is 8. The summed E-state index contributed by atoms with van der Waals surface area (Å²) in [5.41, 5.74) is 4.74. The van der Waals surface area contributed by atoms with Crippen LogP contribution in [0.4, 0.5) is 0 Å². The lowest BCUT2D eigenvalue weighted by Gasteiger charge is -2.19. The zero-order valence-electron chi connectivity index (χ0n) is 15.4. The summed E-state index contributed by atoms with van der Waals surface area (Å²) in [5.74, 6) is 0.361. The number of aliphatic imine (C=N–C) groups is 1. The predicted molar refractivity (Wildman–Crippen MR) is 110 cm³/mol. The third-order valence-corrected chi connectivity index (χ3v) is 4.19. The maximum absolute atomic E-state index is 11.3. The molecule has 0 aromatic rings. The largest absolute Gasteiger partial charge is 0.376 e. The van der Waals surface area contributed by atoms with Crippen molar-refractivity contribution in [2.75, 3.05) is 26.2 Å². The molecule has 0 radical (unpaired) electrons. The van der Waals surface area contributed by atoms with Gasteiger partial charge in [-0.05, 0) is 33.6 Å². The Morgan fingerprint density at radius 3 is 2.38 bits per heavy atom. The van der Waals surface area contributed by atoms with Gasteiger partial charge in [0.25, 0.3) is 0 Å². The molecule has 142 valence electrons. The van der Waals surface area contributed by atoms with E-state index >= 15 is 0 Å². The molecule has 1 rings (SSSR count). The summed E-state index contributed by atoms with van der Waals surface area (Å²) in [5, 5.41) is 6.42. The molecule has 1 amide bonds. The van der Waals surface area contributed by atoms with Gasteiger partial charge in [0.15, 0.2) is 5.96 Å². The number of guanidine groups is 1. The van der Waals surface area contributed by atoms with Crippen molar-refractivity contribution in [2.24, 2.45) is 16.1 Å². The highest BCUT2D eigenvalue weighted by atomic mass is 127. The molecule has 7 heteroatoms. The molecule has 1 saturated carbocycles. The highest BCUT2D eigenvalue weighted by molar-refractivity contribution is 14.0. The normalized spacial score (nSPS) is 16.9. The Morgan fingerprint density at radius 2 is 1.83 bits per heavy atom. The molecule has 1 fully saturated rings. The fraction of sp³-hybridized carbons (Fsp3) is 0.882. The molecule has 0 saturated heterocycles. The number of ether oxygens (including phenoxy) is 1. The van der Waals surface area contributed by atoms with Crippen molar-refractivity contribution in [1.29, 1.82) is 0 Å². The van der Waals surface area contributed by atoms with E-state index in [1.807, 2.05) is 6.92 Å². The highest BCUT2D eigenvalue weighted by Gasteiger charge is 2.24. The first-order valence-electron chi connectivity index (χ1n) is 8.89. The van der Waals surface area contributed by atoms with Crippen LogP contribution in [0.25, 0.3) is 0 Å². The van der Waals surface area contributed by atoms with E-state index in [-0.39, 0.29) is 29.9 Å². The smallest absolute Gasteiger partial charge is 0.224 e. The van der Waals surface area contributed by atoms with Crippen molar-refractivity contribution in [1.82, 2.24) is 10.6 Å². The SMILES string of the molecule is CCNC(=NCC(C)(C)C(N)=O)NCCOC1CCCCCC1.I. The van der Waals surface area contributed by atoms with Crippen LogP contribution in [0, 0.1) is 5.41 Å². The summed E-state index contributed by atoms with van der Waals surface area (Å²) >= 11 is 0. The molecule has 0 bridgehead atoms. The summed E-state index contributed by atoms with van der Waals surface area (Å²) in [6, 6.07) is 0. The molecular formula is C17H35IN4O2. The van der Waals surface area contributed by atoms with Gasteiger partial charge in [0.2, 0.25) is 5.91 Å². The summed E-state index contributed by atoms with van der Waals surface area (Å²) in [6.45, 7) is 8.13. The maximum atomic E-state index is 11.3. The van der Waals surface area contributed by atoms with E-state index in [1.165, 1.54) is 38.5 Å². The molecule has 0 aromatic carbocycles. The number of hydrogen-bond donors (Lipinski definition) is 3. The topological polar surface area (TPSA) is 88.7 Å². The van der Waals surface area contributed by atoms with Crippen molar-refractivity contribution >= 4 is 35.8 Å². The molecule has 4 N–H and O–H groups in total. The quantitative estimate of drug-likeness (QED) is 0.173. The van der Waals surface area contributed by atoms with E-state index in [0.717, 1.165) is 6.54 Å². The average molecular weight is 454 g/mol. The van der Waals surface area contributed by atoms with Crippen LogP contribution in [0.2, 0.25) is 0 Å². The van der Waals surface area contributed by atoms with E-state index in [0.29, 0.717) is 31.8 Å². The molecule has 0 unspecified atom stereocenters. The van der Waals surface area contributed by atoms with Gasteiger partial charge in [-0.1, -0.05) is 25.7 Å². The molecule has 0 heterocycles. The Kier molecular flexibility index (Phi) is 12.4. The molecule has 1 aliphatic carbocycles. The van der Waals surface area contributed by atoms with E-state index in [4.69, 9.17) is 10.5 Å². The monoisotopic (exact) mass is 454 g/mol. The van der Waals surface area contributed by atoms with Gasteiger partial charge in [0, 0.05) is 13.1 Å². The van der Waals surface area contributed by atoms with Crippen LogP contribution >= 0.6 is 24.0 Å². The second kappa shape index (κ2) is 12.7. The van der Waals surface area contributed by atoms with Crippen molar-refractivity contribution < 1.29 is 9.53 Å². The number of nitrogens with one attached hydrogen (secondary N) is 2. The van der Waals surface area contributed by atoms with Gasteiger partial charge in [-0.3, -0.25) is 9.79 Å². The lowest BCUT2D eigenvalue weighted by Crippen LogP contribution is -2.41. The number of amides is 1. The molecule has 0 spiro atoms. The summed E-state index contributed by atoms with van der Waals surface area (Å²) in [6.07, 6.45) is 8.01. The van der Waals surface area contributed by atoms with Crippen LogP contribution in [0.5, 0.6) is 0 Å². The van der Waals surface area contributed by atoms with Crippen LogP contribution in [-0.2, 0) is 9.53 Å². The van der Waals surface area contributed by atoms with Crippen LogP contribution in [-0.4, -0.2) is 44.2 Å². The highest BCUT2D eigenvalue weighted by Crippen LogP contribution is 2.19. The number of nitrogens with zero attached hydrogens (tertiary/aromatic N) is 1. The van der Waals surface area contributed by atoms with Gasteiger partial charge in [-0.15, -0.1) is 24.0 Å². The molecule has 24 heavy (non-hydrogen) atoms. The zero-order chi connectivity index (χ0) is 17.1. The van der Waals surface area contributed by atoms with E-state index in [9.17, 15) is 4.79 Å². The van der Waals surface area contributed by atoms with E-state index in [2.05, 4.69) is 15.6 Å². The van der Waals surface area contributed by atoms with Gasteiger partial charge < -0.3 is 21.1 Å². The lowest BCUT2D eigenvalue weighted by atomic mass is 9.93. The fourth-order valence-corrected chi connectivity index (χ4v) is 2.50. The van der Waals surface area contributed by atoms with Crippen LogP contribution < -0.4 is 16.4 Å². The minimum absolute atomic E-state index is 0. The van der Waals surface area contributed by atoms with Crippen LogP contribution in [0.15, 0.2) is 4.99 Å². The minimum atomic E-state index is -0.640. The standard InChI is InChI=1S/C17H34N4O2.HI/c1-4-19-16(21-13-17(2,3)15(18)22)20-11-12-23-14-9-7-5-6-8-10-14;/h14H,4-13H2,1-3H3,(H2,18,22)(H2,19,20,21);1H. The van der Waals surface area contributed by atoms with Gasteiger partial charge in [-0.2, -0.15) is 0 Å². The Labute approximate surface area is 163 Å². The van der Waals surface area contributed by atoms with Gasteiger partial charge in [-0.25, -0.2) is 0 Å². The van der Waals surface area contributed by atoms with Gasteiger partial charge in [0.1, 0.15) is 0 Å². The Hall–Kier alpha value is -0.570. The second-order valence-corrected chi connectivity index (χ2v) is 6.85. The second-order valence-electron chi connectivity index (χ2n) is 6.85. The number of primary amides is 1. The molecule has 1 aliphatic rings. The number of nitrogens with two attached hydrogens (primary N) is 1. The van der Waals surface area contributed by atoms with Crippen LogP contribution in [0.3, 0.4) is 0 Å². The predicted octanol–water partition coefficient (Wildman–Crippen LogP) is 2.41. The molecule has 0 aliphatic heterocycles. The number of carbonyl (C=O) groups is 1. The maximum Gasteiger partial charge on any atom is 0.224 e. The van der Waals surface area contributed by atoms with Crippen molar-refractivity contribution in [3.63, 3.8) is 0 Å². The fourth-order valence-electron chi connectivity index (χ4n) is 2.50. The minimum Gasteiger partial charge on any atom is -0.376 e. The van der Waals surface area contributed by atoms with Crippen LogP contribution in [0.1, 0.15) is 59.3 Å². The first kappa shape index (κ1) is 23.4. The number of halogens is 1. The van der Waals surface area contributed by atoms with Crippen molar-refractivity contribution in [3.05, 3.63) is 0 Å². The first-order chi connectivity index (χ1) is 11.0. The zero-order valence-corrected chi connectivity index (χ0v) is 17.7. The Balaban J connectivity index is 0.00000529. The molecule has 0 aromatic heterocycles.